The maximum atomic E-state index is 6.13. The molecule has 5 nitrogen and oxygen atoms in total. The van der Waals surface area contributed by atoms with E-state index in [1.807, 2.05) is 24.5 Å². The summed E-state index contributed by atoms with van der Waals surface area (Å²) in [4.78, 5) is 0. The molecule has 0 fully saturated rings. The van der Waals surface area contributed by atoms with Crippen molar-refractivity contribution < 1.29 is 4.74 Å². The lowest BCUT2D eigenvalue weighted by Crippen LogP contribution is -2.06. The summed E-state index contributed by atoms with van der Waals surface area (Å²) in [6, 6.07) is 4.10. The lowest BCUT2D eigenvalue weighted by Gasteiger charge is -2.11. The predicted molar refractivity (Wildman–Crippen MR) is 71.2 cm³/mol. The third-order valence-electron chi connectivity index (χ3n) is 2.92. The Kier molecular flexibility index (Phi) is 3.62. The monoisotopic (exact) mass is 246 g/mol. The van der Waals surface area contributed by atoms with Crippen molar-refractivity contribution in [2.45, 2.75) is 20.4 Å². The van der Waals surface area contributed by atoms with E-state index in [2.05, 4.69) is 16.3 Å². The van der Waals surface area contributed by atoms with Crippen LogP contribution in [0.15, 0.2) is 18.5 Å². The van der Waals surface area contributed by atoms with Gasteiger partial charge in [-0.15, -0.1) is 10.2 Å². The molecule has 0 atom stereocenters. The maximum absolute atomic E-state index is 6.13. The molecular weight excluding hydrogens is 228 g/mol. The first-order chi connectivity index (χ1) is 8.63. The van der Waals surface area contributed by atoms with Crippen LogP contribution in [-0.2, 0) is 11.3 Å². The second-order valence-corrected chi connectivity index (χ2v) is 4.38. The van der Waals surface area contributed by atoms with Gasteiger partial charge in [-0.25, -0.2) is 0 Å². The molecule has 5 heteroatoms. The van der Waals surface area contributed by atoms with E-state index < -0.39 is 0 Å². The van der Waals surface area contributed by atoms with Gasteiger partial charge in [0.05, 0.1) is 6.61 Å². The van der Waals surface area contributed by atoms with Crippen molar-refractivity contribution in [2.24, 2.45) is 0 Å². The van der Waals surface area contributed by atoms with E-state index in [-0.39, 0.29) is 0 Å². The third-order valence-corrected chi connectivity index (χ3v) is 2.92. The number of aryl methyl sites for hydroxylation is 2. The normalized spacial score (nSPS) is 10.8. The molecule has 0 unspecified atom stereocenters. The van der Waals surface area contributed by atoms with Crippen molar-refractivity contribution in [1.82, 2.24) is 14.8 Å². The molecule has 0 aliphatic rings. The Morgan fingerprint density at radius 2 is 2.11 bits per heavy atom. The van der Waals surface area contributed by atoms with Crippen LogP contribution >= 0.6 is 0 Å². The van der Waals surface area contributed by atoms with Crippen molar-refractivity contribution in [1.29, 1.82) is 0 Å². The van der Waals surface area contributed by atoms with Gasteiger partial charge in [0.2, 0.25) is 0 Å². The molecule has 1 aromatic heterocycles. The highest BCUT2D eigenvalue weighted by atomic mass is 16.5. The van der Waals surface area contributed by atoms with Gasteiger partial charge >= 0.3 is 0 Å². The summed E-state index contributed by atoms with van der Waals surface area (Å²) < 4.78 is 7.03. The molecule has 96 valence electrons. The van der Waals surface area contributed by atoms with Crippen molar-refractivity contribution in [3.63, 3.8) is 0 Å². The van der Waals surface area contributed by atoms with E-state index in [0.717, 1.165) is 28.2 Å². The Balaban J connectivity index is 2.45. The summed E-state index contributed by atoms with van der Waals surface area (Å²) in [6.45, 7) is 5.38. The van der Waals surface area contributed by atoms with Gasteiger partial charge in [-0.3, -0.25) is 0 Å². The zero-order valence-electron chi connectivity index (χ0n) is 11.0. The lowest BCUT2D eigenvalue weighted by molar-refractivity contribution is 0.187. The number of hydrogen-bond acceptors (Lipinski definition) is 4. The molecule has 2 N–H and O–H groups in total. The highest BCUT2D eigenvalue weighted by Gasteiger charge is 2.12. The Hall–Kier alpha value is -1.88. The van der Waals surface area contributed by atoms with Gasteiger partial charge in [-0.05, 0) is 31.0 Å². The predicted octanol–water partition coefficient (Wildman–Crippen LogP) is 1.79. The number of anilines is 1. The number of rotatable bonds is 4. The summed E-state index contributed by atoms with van der Waals surface area (Å²) in [5.74, 6) is 0.788. The molecule has 1 heterocycles. The second kappa shape index (κ2) is 5.18. The highest BCUT2D eigenvalue weighted by Crippen LogP contribution is 2.28. The minimum absolute atomic E-state index is 0.621. The minimum atomic E-state index is 0.621. The number of benzene rings is 1. The van der Waals surface area contributed by atoms with Crippen LogP contribution in [0.5, 0.6) is 0 Å². The Morgan fingerprint density at radius 3 is 2.83 bits per heavy atom. The smallest absolute Gasteiger partial charge is 0.165 e. The van der Waals surface area contributed by atoms with Crippen LogP contribution in [0, 0.1) is 13.8 Å². The highest BCUT2D eigenvalue weighted by molar-refractivity contribution is 5.75. The van der Waals surface area contributed by atoms with Gasteiger partial charge in [0.1, 0.15) is 6.33 Å². The summed E-state index contributed by atoms with van der Waals surface area (Å²) in [7, 11) is 1.68. The van der Waals surface area contributed by atoms with Crippen LogP contribution in [-0.4, -0.2) is 28.5 Å². The van der Waals surface area contributed by atoms with Crippen molar-refractivity contribution in [3.8, 4) is 11.4 Å². The topological polar surface area (TPSA) is 66.0 Å². The molecule has 0 aliphatic carbocycles. The number of nitrogen functional groups attached to an aromatic ring is 1. The van der Waals surface area contributed by atoms with Crippen LogP contribution in [0.1, 0.15) is 11.1 Å². The van der Waals surface area contributed by atoms with Crippen LogP contribution in [0.2, 0.25) is 0 Å². The molecule has 0 bridgehead atoms. The Labute approximate surface area is 107 Å². The molecule has 0 spiro atoms. The summed E-state index contributed by atoms with van der Waals surface area (Å²) in [5.41, 5.74) is 10.0. The van der Waals surface area contributed by atoms with Crippen LogP contribution < -0.4 is 5.73 Å². The van der Waals surface area contributed by atoms with Gasteiger partial charge < -0.3 is 15.0 Å². The number of methoxy groups -OCH3 is 1. The largest absolute Gasteiger partial charge is 0.398 e. The van der Waals surface area contributed by atoms with Crippen molar-refractivity contribution >= 4 is 5.69 Å². The number of nitrogens with two attached hydrogens (primary N) is 1. The standard InChI is InChI=1S/C13H18N4O/c1-9-6-10(2)12(14)11(7-9)13-16-15-8-17(13)4-5-18-3/h6-8H,4-5,14H2,1-3H3. The first kappa shape index (κ1) is 12.6. The molecule has 2 aromatic rings. The minimum Gasteiger partial charge on any atom is -0.398 e. The summed E-state index contributed by atoms with van der Waals surface area (Å²) in [5, 5.41) is 8.11. The third kappa shape index (κ3) is 2.36. The number of nitrogens with zero attached hydrogens (tertiary/aromatic N) is 3. The summed E-state index contributed by atoms with van der Waals surface area (Å²) >= 11 is 0. The number of aromatic nitrogens is 3. The SMILES string of the molecule is COCCn1cnnc1-c1cc(C)cc(C)c1N. The quantitative estimate of drug-likeness (QED) is 0.835. The van der Waals surface area contributed by atoms with E-state index in [9.17, 15) is 0 Å². The maximum Gasteiger partial charge on any atom is 0.165 e. The molecular formula is C13H18N4O. The fourth-order valence-corrected chi connectivity index (χ4v) is 1.98. The molecule has 1 aromatic carbocycles. The molecule has 0 amide bonds. The van der Waals surface area contributed by atoms with Gasteiger partial charge in [-0.2, -0.15) is 0 Å². The van der Waals surface area contributed by atoms with Crippen LogP contribution in [0.4, 0.5) is 5.69 Å². The van der Waals surface area contributed by atoms with Gasteiger partial charge in [0.15, 0.2) is 5.82 Å². The molecule has 0 aliphatic heterocycles. The van der Waals surface area contributed by atoms with E-state index in [4.69, 9.17) is 10.5 Å². The zero-order chi connectivity index (χ0) is 13.1. The van der Waals surface area contributed by atoms with Gasteiger partial charge in [0.25, 0.3) is 0 Å². The fourth-order valence-electron chi connectivity index (χ4n) is 1.98. The molecule has 0 radical (unpaired) electrons. The van der Waals surface area contributed by atoms with Crippen LogP contribution in [0.25, 0.3) is 11.4 Å². The Bertz CT molecular complexity index is 548. The molecule has 0 saturated carbocycles. The second-order valence-electron chi connectivity index (χ2n) is 4.38. The van der Waals surface area contributed by atoms with E-state index >= 15 is 0 Å². The fraction of sp³-hybridized carbons (Fsp3) is 0.385. The summed E-state index contributed by atoms with van der Waals surface area (Å²) in [6.07, 6.45) is 1.70. The van der Waals surface area contributed by atoms with Gasteiger partial charge in [-0.1, -0.05) is 6.07 Å². The average Bonchev–Trinajstić information content (AvgIpc) is 2.79. The first-order valence-electron chi connectivity index (χ1n) is 5.87. The molecule has 2 rings (SSSR count). The van der Waals surface area contributed by atoms with Crippen LogP contribution in [0.3, 0.4) is 0 Å². The van der Waals surface area contributed by atoms with E-state index in [1.54, 1.807) is 13.4 Å². The average molecular weight is 246 g/mol. The van der Waals surface area contributed by atoms with Crippen molar-refractivity contribution in [2.75, 3.05) is 19.5 Å². The first-order valence-corrected chi connectivity index (χ1v) is 5.87. The van der Waals surface area contributed by atoms with E-state index in [1.165, 1.54) is 0 Å². The number of hydrogen-bond donors (Lipinski definition) is 1. The molecule has 0 saturated heterocycles. The lowest BCUT2D eigenvalue weighted by atomic mass is 10.0. The van der Waals surface area contributed by atoms with E-state index in [0.29, 0.717) is 13.2 Å². The number of ether oxygens (including phenoxy) is 1. The zero-order valence-corrected chi connectivity index (χ0v) is 11.0. The molecule has 18 heavy (non-hydrogen) atoms. The Morgan fingerprint density at radius 1 is 1.33 bits per heavy atom. The van der Waals surface area contributed by atoms with Crippen molar-refractivity contribution in [3.05, 3.63) is 29.6 Å². The van der Waals surface area contributed by atoms with Gasteiger partial charge in [0, 0.05) is 24.9 Å².